The molecule has 0 saturated heterocycles. The Bertz CT molecular complexity index is 995. The Morgan fingerprint density at radius 1 is 1.04 bits per heavy atom. The predicted molar refractivity (Wildman–Crippen MR) is 112 cm³/mol. The number of anilines is 2. The molecule has 0 bridgehead atoms. The second kappa shape index (κ2) is 8.96. The second-order valence-electron chi connectivity index (χ2n) is 5.85. The molecule has 0 aliphatic rings. The number of hydrogen-bond acceptors (Lipinski definition) is 5. The van der Waals surface area contributed by atoms with E-state index in [1.54, 1.807) is 44.4 Å². The van der Waals surface area contributed by atoms with Crippen LogP contribution in [0.5, 0.6) is 5.75 Å². The monoisotopic (exact) mass is 393 g/mol. The minimum absolute atomic E-state index is 0.277. The zero-order valence-corrected chi connectivity index (χ0v) is 16.2. The molecule has 0 atom stereocenters. The lowest BCUT2D eigenvalue weighted by Gasteiger charge is -2.05. The number of aryl methyl sites for hydroxylation is 1. The lowest BCUT2D eigenvalue weighted by Crippen LogP contribution is -2.11. The lowest BCUT2D eigenvalue weighted by molar-refractivity contribution is -0.111. The van der Waals surface area contributed by atoms with E-state index >= 15 is 0 Å². The van der Waals surface area contributed by atoms with E-state index in [-0.39, 0.29) is 11.8 Å². The average molecular weight is 393 g/mol. The number of carbonyl (C=O) groups is 2. The van der Waals surface area contributed by atoms with Gasteiger partial charge in [-0.05, 0) is 42.8 Å². The van der Waals surface area contributed by atoms with E-state index in [4.69, 9.17) is 4.74 Å². The van der Waals surface area contributed by atoms with Crippen LogP contribution in [0.4, 0.5) is 10.8 Å². The van der Waals surface area contributed by atoms with E-state index in [0.717, 1.165) is 16.9 Å². The molecular weight excluding hydrogens is 374 g/mol. The fourth-order valence-corrected chi connectivity index (χ4v) is 3.27. The van der Waals surface area contributed by atoms with Gasteiger partial charge in [-0.25, -0.2) is 4.98 Å². The molecule has 0 aliphatic carbocycles. The van der Waals surface area contributed by atoms with Gasteiger partial charge in [0.1, 0.15) is 10.6 Å². The molecule has 0 unspecified atom stereocenters. The molecule has 1 heterocycles. The summed E-state index contributed by atoms with van der Waals surface area (Å²) in [6, 6.07) is 16.5. The van der Waals surface area contributed by atoms with Gasteiger partial charge in [-0.3, -0.25) is 14.9 Å². The van der Waals surface area contributed by atoms with Crippen molar-refractivity contribution in [1.82, 2.24) is 4.98 Å². The third kappa shape index (κ3) is 5.05. The van der Waals surface area contributed by atoms with Crippen LogP contribution in [0.15, 0.2) is 60.7 Å². The van der Waals surface area contributed by atoms with Crippen LogP contribution in [0.3, 0.4) is 0 Å². The fourth-order valence-electron chi connectivity index (χ4n) is 2.41. The predicted octanol–water partition coefficient (Wildman–Crippen LogP) is 4.36. The molecule has 2 N–H and O–H groups in total. The first kappa shape index (κ1) is 19.3. The van der Waals surface area contributed by atoms with Crippen molar-refractivity contribution < 1.29 is 14.3 Å². The van der Waals surface area contributed by atoms with E-state index in [2.05, 4.69) is 15.6 Å². The number of thiazole rings is 1. The summed E-state index contributed by atoms with van der Waals surface area (Å²) in [6.07, 6.45) is 3.15. The Labute approximate surface area is 166 Å². The third-order valence-corrected chi connectivity index (χ3v) is 4.88. The third-order valence-electron chi connectivity index (χ3n) is 3.81. The van der Waals surface area contributed by atoms with Crippen molar-refractivity contribution in [2.75, 3.05) is 17.7 Å². The van der Waals surface area contributed by atoms with Crippen LogP contribution in [0.1, 0.15) is 20.9 Å². The minimum atomic E-state index is -0.306. The van der Waals surface area contributed by atoms with Crippen molar-refractivity contribution in [3.05, 3.63) is 76.8 Å². The molecule has 0 spiro atoms. The largest absolute Gasteiger partial charge is 0.497 e. The van der Waals surface area contributed by atoms with Gasteiger partial charge in [0.15, 0.2) is 5.13 Å². The first-order valence-electron chi connectivity index (χ1n) is 8.52. The molecular formula is C21H19N3O3S. The van der Waals surface area contributed by atoms with Crippen LogP contribution >= 0.6 is 11.3 Å². The summed E-state index contributed by atoms with van der Waals surface area (Å²) in [5, 5.41) is 5.88. The van der Waals surface area contributed by atoms with Crippen molar-refractivity contribution in [1.29, 1.82) is 0 Å². The van der Waals surface area contributed by atoms with Gasteiger partial charge in [-0.1, -0.05) is 41.7 Å². The smallest absolute Gasteiger partial charge is 0.267 e. The zero-order valence-electron chi connectivity index (χ0n) is 15.4. The van der Waals surface area contributed by atoms with E-state index in [0.29, 0.717) is 27.1 Å². The Morgan fingerprint density at radius 3 is 2.43 bits per heavy atom. The van der Waals surface area contributed by atoms with Crippen molar-refractivity contribution in [2.24, 2.45) is 0 Å². The van der Waals surface area contributed by atoms with Crippen molar-refractivity contribution in [2.45, 2.75) is 6.92 Å². The Balaban J connectivity index is 1.64. The summed E-state index contributed by atoms with van der Waals surface area (Å²) in [5.74, 6) is 0.126. The SMILES string of the molecule is COc1ccc(NC(=O)c2sc(NC(=O)/C=C/c3ccccc3)nc2C)cc1. The van der Waals surface area contributed by atoms with Gasteiger partial charge in [0, 0.05) is 11.8 Å². The Morgan fingerprint density at radius 2 is 1.75 bits per heavy atom. The maximum atomic E-state index is 12.5. The highest BCUT2D eigenvalue weighted by molar-refractivity contribution is 7.17. The summed E-state index contributed by atoms with van der Waals surface area (Å²) in [4.78, 5) is 29.3. The van der Waals surface area contributed by atoms with Crippen LogP contribution in [-0.2, 0) is 4.79 Å². The molecule has 0 saturated carbocycles. The number of aromatic nitrogens is 1. The molecule has 6 nitrogen and oxygen atoms in total. The average Bonchev–Trinajstić information content (AvgIpc) is 3.08. The minimum Gasteiger partial charge on any atom is -0.497 e. The highest BCUT2D eigenvalue weighted by Crippen LogP contribution is 2.24. The first-order valence-corrected chi connectivity index (χ1v) is 9.34. The number of amides is 2. The van der Waals surface area contributed by atoms with E-state index in [1.807, 2.05) is 30.3 Å². The van der Waals surface area contributed by atoms with E-state index < -0.39 is 0 Å². The van der Waals surface area contributed by atoms with E-state index in [9.17, 15) is 9.59 Å². The summed E-state index contributed by atoms with van der Waals surface area (Å²) >= 11 is 1.13. The molecule has 142 valence electrons. The number of benzene rings is 2. The van der Waals surface area contributed by atoms with E-state index in [1.165, 1.54) is 6.08 Å². The van der Waals surface area contributed by atoms with Crippen molar-refractivity contribution >= 4 is 40.0 Å². The molecule has 0 fully saturated rings. The van der Waals surface area contributed by atoms with Gasteiger partial charge in [-0.2, -0.15) is 0 Å². The highest BCUT2D eigenvalue weighted by atomic mass is 32.1. The number of carbonyl (C=O) groups excluding carboxylic acids is 2. The number of ether oxygens (including phenoxy) is 1. The van der Waals surface area contributed by atoms with Crippen molar-refractivity contribution in [3.8, 4) is 5.75 Å². The summed E-state index contributed by atoms with van der Waals surface area (Å²) in [7, 11) is 1.58. The molecule has 3 aromatic rings. The summed E-state index contributed by atoms with van der Waals surface area (Å²) in [5.41, 5.74) is 2.13. The van der Waals surface area contributed by atoms with Gasteiger partial charge in [0.2, 0.25) is 5.91 Å². The normalized spacial score (nSPS) is 10.6. The van der Waals surface area contributed by atoms with Gasteiger partial charge >= 0.3 is 0 Å². The van der Waals surface area contributed by atoms with Crippen LogP contribution in [0.25, 0.3) is 6.08 Å². The maximum Gasteiger partial charge on any atom is 0.267 e. The van der Waals surface area contributed by atoms with Crippen molar-refractivity contribution in [3.63, 3.8) is 0 Å². The van der Waals surface area contributed by atoms with Crippen LogP contribution in [0, 0.1) is 6.92 Å². The molecule has 0 radical (unpaired) electrons. The van der Waals surface area contributed by atoms with Gasteiger partial charge in [-0.15, -0.1) is 0 Å². The van der Waals surface area contributed by atoms with Gasteiger partial charge < -0.3 is 10.1 Å². The van der Waals surface area contributed by atoms with Crippen LogP contribution in [0.2, 0.25) is 0 Å². The van der Waals surface area contributed by atoms with Crippen LogP contribution in [-0.4, -0.2) is 23.9 Å². The standard InChI is InChI=1S/C21H19N3O3S/c1-14-19(20(26)23-16-9-11-17(27-2)12-10-16)28-21(22-14)24-18(25)13-8-15-6-4-3-5-7-15/h3-13H,1-2H3,(H,23,26)(H,22,24,25)/b13-8+. The molecule has 1 aromatic heterocycles. The topological polar surface area (TPSA) is 80.3 Å². The number of methoxy groups -OCH3 is 1. The Kier molecular flexibility index (Phi) is 6.18. The zero-order chi connectivity index (χ0) is 19.9. The summed E-state index contributed by atoms with van der Waals surface area (Å²) < 4.78 is 5.10. The molecule has 3 rings (SSSR count). The second-order valence-corrected chi connectivity index (χ2v) is 6.85. The fraction of sp³-hybridized carbons (Fsp3) is 0.0952. The number of nitrogens with zero attached hydrogens (tertiary/aromatic N) is 1. The Hall–Kier alpha value is -3.45. The molecule has 2 amide bonds. The van der Waals surface area contributed by atoms with Crippen LogP contribution < -0.4 is 15.4 Å². The summed E-state index contributed by atoms with van der Waals surface area (Å²) in [6.45, 7) is 1.73. The number of hydrogen-bond donors (Lipinski definition) is 2. The quantitative estimate of drug-likeness (QED) is 0.610. The lowest BCUT2D eigenvalue weighted by atomic mass is 10.2. The molecule has 0 aliphatic heterocycles. The van der Waals surface area contributed by atoms with Gasteiger partial charge in [0.25, 0.3) is 5.91 Å². The number of nitrogens with one attached hydrogen (secondary N) is 2. The molecule has 2 aromatic carbocycles. The highest BCUT2D eigenvalue weighted by Gasteiger charge is 2.16. The first-order chi connectivity index (χ1) is 13.5. The molecule has 28 heavy (non-hydrogen) atoms. The maximum absolute atomic E-state index is 12.5. The number of rotatable bonds is 6. The molecule has 7 heteroatoms. The van der Waals surface area contributed by atoms with Gasteiger partial charge in [0.05, 0.1) is 12.8 Å².